The summed E-state index contributed by atoms with van der Waals surface area (Å²) < 4.78 is 5.99. The second kappa shape index (κ2) is 5.25. The van der Waals surface area contributed by atoms with Crippen LogP contribution in [0.25, 0.3) is 0 Å². The van der Waals surface area contributed by atoms with Gasteiger partial charge in [-0.05, 0) is 31.2 Å². The second-order valence-corrected chi connectivity index (χ2v) is 5.27. The van der Waals surface area contributed by atoms with Crippen LogP contribution in [0.3, 0.4) is 0 Å². The van der Waals surface area contributed by atoms with Crippen molar-refractivity contribution < 1.29 is 4.74 Å². The molecule has 2 fully saturated rings. The Labute approximate surface area is 109 Å². The number of hydrogen-bond donors (Lipinski definition) is 0. The van der Waals surface area contributed by atoms with Gasteiger partial charge in [-0.3, -0.25) is 4.90 Å². The third-order valence-electron chi connectivity index (χ3n) is 4.17. The van der Waals surface area contributed by atoms with Crippen molar-refractivity contribution in [1.29, 1.82) is 0 Å². The predicted octanol–water partition coefficient (Wildman–Crippen LogP) is 3.51. The molecule has 18 heavy (non-hydrogen) atoms. The van der Waals surface area contributed by atoms with Crippen LogP contribution in [0.4, 0.5) is 0 Å². The van der Waals surface area contributed by atoms with Crippen LogP contribution in [0.2, 0.25) is 0 Å². The lowest BCUT2D eigenvalue weighted by Crippen LogP contribution is -2.44. The maximum atomic E-state index is 5.99. The minimum Gasteiger partial charge on any atom is -0.361 e. The Hall–Kier alpha value is -1.12. The van der Waals surface area contributed by atoms with Crippen LogP contribution in [0.15, 0.2) is 43.0 Å². The van der Waals surface area contributed by atoms with Gasteiger partial charge in [0.25, 0.3) is 0 Å². The molecule has 0 N–H and O–H groups in total. The van der Waals surface area contributed by atoms with Crippen molar-refractivity contribution in [3.63, 3.8) is 0 Å². The van der Waals surface area contributed by atoms with Crippen LogP contribution >= 0.6 is 0 Å². The van der Waals surface area contributed by atoms with Gasteiger partial charge in [-0.25, -0.2) is 0 Å². The van der Waals surface area contributed by atoms with Gasteiger partial charge in [0.15, 0.2) is 0 Å². The fraction of sp³-hybridized carbons (Fsp3) is 0.500. The Morgan fingerprint density at radius 3 is 2.89 bits per heavy atom. The number of nitrogens with zero attached hydrogens (tertiary/aromatic N) is 1. The lowest BCUT2D eigenvalue weighted by Gasteiger charge is -2.39. The Kier molecular flexibility index (Phi) is 3.48. The van der Waals surface area contributed by atoms with Crippen molar-refractivity contribution in [3.8, 4) is 0 Å². The lowest BCUT2D eigenvalue weighted by atomic mass is 9.95. The Morgan fingerprint density at radius 1 is 1.28 bits per heavy atom. The molecule has 0 amide bonds. The van der Waals surface area contributed by atoms with Gasteiger partial charge in [-0.2, -0.15) is 0 Å². The zero-order chi connectivity index (χ0) is 12.4. The van der Waals surface area contributed by atoms with E-state index in [1.807, 2.05) is 6.08 Å². The third-order valence-corrected chi connectivity index (χ3v) is 4.17. The van der Waals surface area contributed by atoms with Crippen molar-refractivity contribution in [3.05, 3.63) is 48.6 Å². The van der Waals surface area contributed by atoms with Crippen molar-refractivity contribution in [2.24, 2.45) is 0 Å². The highest BCUT2D eigenvalue weighted by molar-refractivity contribution is 5.20. The normalized spacial score (nSPS) is 32.1. The van der Waals surface area contributed by atoms with Crippen LogP contribution < -0.4 is 0 Å². The van der Waals surface area contributed by atoms with Crippen LogP contribution in [-0.4, -0.2) is 23.8 Å². The lowest BCUT2D eigenvalue weighted by molar-refractivity contribution is -0.0252. The van der Waals surface area contributed by atoms with Gasteiger partial charge in [-0.1, -0.05) is 36.4 Å². The summed E-state index contributed by atoms with van der Waals surface area (Å²) >= 11 is 0. The number of hydrogen-bond acceptors (Lipinski definition) is 2. The standard InChI is InChI=1S/C16H21NO/c1-2-7-14-10-6-11-16-17(14)15(12-18-16)13-8-4-3-5-9-13/h2-5,8-9,14-16H,1,6-7,10-12H2/t14-,15-,16?/m1/s1. The van der Waals surface area contributed by atoms with E-state index in [4.69, 9.17) is 4.74 Å². The zero-order valence-electron chi connectivity index (χ0n) is 10.8. The Balaban J connectivity index is 1.85. The fourth-order valence-electron chi connectivity index (χ4n) is 3.35. The summed E-state index contributed by atoms with van der Waals surface area (Å²) in [5, 5.41) is 0. The molecule has 0 radical (unpaired) electrons. The molecule has 96 valence electrons. The molecule has 3 atom stereocenters. The molecule has 1 aromatic carbocycles. The number of benzene rings is 1. The van der Waals surface area contributed by atoms with Gasteiger partial charge in [-0.15, -0.1) is 6.58 Å². The average Bonchev–Trinajstić information content (AvgIpc) is 2.85. The Bertz CT molecular complexity index is 403. The largest absolute Gasteiger partial charge is 0.361 e. The maximum absolute atomic E-state index is 5.99. The molecule has 0 aliphatic carbocycles. The Morgan fingerprint density at radius 2 is 2.11 bits per heavy atom. The van der Waals surface area contributed by atoms with Crippen LogP contribution in [-0.2, 0) is 4.74 Å². The molecule has 2 aliphatic heterocycles. The summed E-state index contributed by atoms with van der Waals surface area (Å²) in [6.07, 6.45) is 7.18. The highest BCUT2D eigenvalue weighted by atomic mass is 16.5. The first-order valence-electron chi connectivity index (χ1n) is 6.95. The first kappa shape index (κ1) is 11.9. The number of ether oxygens (including phenoxy) is 1. The molecule has 1 unspecified atom stereocenters. The first-order chi connectivity index (χ1) is 8.90. The van der Waals surface area contributed by atoms with Crippen molar-refractivity contribution in [1.82, 2.24) is 4.90 Å². The highest BCUT2D eigenvalue weighted by Gasteiger charge is 2.41. The molecule has 0 aromatic heterocycles. The molecule has 2 nitrogen and oxygen atoms in total. The summed E-state index contributed by atoms with van der Waals surface area (Å²) in [6.45, 7) is 4.73. The summed E-state index contributed by atoms with van der Waals surface area (Å²) in [5.74, 6) is 0. The van der Waals surface area contributed by atoms with Gasteiger partial charge in [0, 0.05) is 6.04 Å². The summed E-state index contributed by atoms with van der Waals surface area (Å²) in [5.41, 5.74) is 1.39. The molecule has 3 rings (SSSR count). The van der Waals surface area contributed by atoms with Crippen molar-refractivity contribution in [2.75, 3.05) is 6.61 Å². The quantitative estimate of drug-likeness (QED) is 0.753. The molecule has 0 saturated carbocycles. The van der Waals surface area contributed by atoms with Gasteiger partial charge < -0.3 is 4.74 Å². The summed E-state index contributed by atoms with van der Waals surface area (Å²) in [4.78, 5) is 2.58. The van der Waals surface area contributed by atoms with Crippen LogP contribution in [0.5, 0.6) is 0 Å². The van der Waals surface area contributed by atoms with E-state index in [0.717, 1.165) is 13.0 Å². The molecule has 1 aromatic rings. The minimum atomic E-state index is 0.328. The van der Waals surface area contributed by atoms with Gasteiger partial charge in [0.1, 0.15) is 6.23 Å². The van der Waals surface area contributed by atoms with E-state index in [0.29, 0.717) is 18.3 Å². The molecule has 0 spiro atoms. The van der Waals surface area contributed by atoms with E-state index in [1.54, 1.807) is 0 Å². The van der Waals surface area contributed by atoms with Crippen molar-refractivity contribution >= 4 is 0 Å². The molecule has 2 heterocycles. The van der Waals surface area contributed by atoms with Gasteiger partial charge in [0.05, 0.1) is 12.6 Å². The fourth-order valence-corrected chi connectivity index (χ4v) is 3.35. The number of rotatable bonds is 3. The molecule has 2 heteroatoms. The first-order valence-corrected chi connectivity index (χ1v) is 6.95. The topological polar surface area (TPSA) is 12.5 Å². The maximum Gasteiger partial charge on any atom is 0.111 e. The minimum absolute atomic E-state index is 0.328. The average molecular weight is 243 g/mol. The monoisotopic (exact) mass is 243 g/mol. The molecule has 2 saturated heterocycles. The predicted molar refractivity (Wildman–Crippen MR) is 73.2 cm³/mol. The molecular formula is C16H21NO. The van der Waals surface area contributed by atoms with E-state index in [-0.39, 0.29) is 0 Å². The molecule has 0 bridgehead atoms. The van der Waals surface area contributed by atoms with Crippen molar-refractivity contribution in [2.45, 2.75) is 44.0 Å². The van der Waals surface area contributed by atoms with Crippen LogP contribution in [0, 0.1) is 0 Å². The van der Waals surface area contributed by atoms with E-state index >= 15 is 0 Å². The number of fused-ring (bicyclic) bond motifs is 1. The van der Waals surface area contributed by atoms with E-state index in [1.165, 1.54) is 24.8 Å². The number of piperidine rings is 1. The second-order valence-electron chi connectivity index (χ2n) is 5.27. The highest BCUT2D eigenvalue weighted by Crippen LogP contribution is 2.39. The van der Waals surface area contributed by atoms with Gasteiger partial charge >= 0.3 is 0 Å². The third kappa shape index (κ3) is 2.11. The zero-order valence-corrected chi connectivity index (χ0v) is 10.8. The smallest absolute Gasteiger partial charge is 0.111 e. The van der Waals surface area contributed by atoms with Crippen LogP contribution in [0.1, 0.15) is 37.3 Å². The van der Waals surface area contributed by atoms with E-state index in [9.17, 15) is 0 Å². The molecular weight excluding hydrogens is 222 g/mol. The molecule has 2 aliphatic rings. The van der Waals surface area contributed by atoms with Gasteiger partial charge in [0.2, 0.25) is 0 Å². The van der Waals surface area contributed by atoms with E-state index in [2.05, 4.69) is 41.8 Å². The SMILES string of the molecule is C=CC[C@@H]1CCCC2OC[C@H](c3ccccc3)N21. The summed E-state index contributed by atoms with van der Waals surface area (Å²) in [6, 6.07) is 11.8. The summed E-state index contributed by atoms with van der Waals surface area (Å²) in [7, 11) is 0. The van der Waals surface area contributed by atoms with E-state index < -0.39 is 0 Å².